The van der Waals surface area contributed by atoms with Gasteiger partial charge in [0.25, 0.3) is 0 Å². The van der Waals surface area contributed by atoms with E-state index in [1.807, 2.05) is 4.68 Å². The first-order chi connectivity index (χ1) is 13.3. The van der Waals surface area contributed by atoms with Gasteiger partial charge in [0, 0.05) is 50.4 Å². The first-order valence-electron chi connectivity index (χ1n) is 9.92. The van der Waals surface area contributed by atoms with Crippen molar-refractivity contribution in [2.24, 2.45) is 4.99 Å². The Bertz CT molecular complexity index is 767. The van der Waals surface area contributed by atoms with Crippen LogP contribution in [0.5, 0.6) is 0 Å². The maximum atomic E-state index is 4.79. The fourth-order valence-corrected chi connectivity index (χ4v) is 4.53. The van der Waals surface area contributed by atoms with Crippen LogP contribution in [0.1, 0.15) is 37.7 Å². The normalized spacial score (nSPS) is 19.2. The van der Waals surface area contributed by atoms with Crippen LogP contribution in [-0.4, -0.2) is 57.9 Å². The van der Waals surface area contributed by atoms with E-state index in [1.54, 1.807) is 17.7 Å². The van der Waals surface area contributed by atoms with Crippen molar-refractivity contribution < 1.29 is 0 Å². The lowest BCUT2D eigenvalue weighted by atomic mass is 10.1. The number of nitrogens with zero attached hydrogens (tertiary/aromatic N) is 6. The standard InChI is InChI=1S/C18H28N8S.HI/c1-2-19-17(23-14-5-6-16-21-13-22-26(16)11-14)20-8-7-15-12-27-18(24-15)25-9-3-4-10-25;/h12-14H,2-11H2,1H3,(H2,19,20,23);1H. The lowest BCUT2D eigenvalue weighted by Crippen LogP contribution is -2.47. The molecule has 1 atom stereocenters. The molecule has 8 nitrogen and oxygen atoms in total. The summed E-state index contributed by atoms with van der Waals surface area (Å²) in [5.41, 5.74) is 1.14. The minimum atomic E-state index is 0. The number of halogens is 1. The smallest absolute Gasteiger partial charge is 0.191 e. The number of hydrogen-bond acceptors (Lipinski definition) is 6. The van der Waals surface area contributed by atoms with E-state index in [0.717, 1.165) is 69.5 Å². The van der Waals surface area contributed by atoms with Crippen LogP contribution in [0, 0.1) is 0 Å². The maximum absolute atomic E-state index is 4.79. The predicted molar refractivity (Wildman–Crippen MR) is 124 cm³/mol. The van der Waals surface area contributed by atoms with Gasteiger partial charge in [-0.1, -0.05) is 0 Å². The first-order valence-corrected chi connectivity index (χ1v) is 10.8. The van der Waals surface area contributed by atoms with Crippen molar-refractivity contribution >= 4 is 46.4 Å². The number of thiazole rings is 1. The number of guanidine groups is 1. The largest absolute Gasteiger partial charge is 0.357 e. The molecule has 1 saturated heterocycles. The Morgan fingerprint density at radius 3 is 3.04 bits per heavy atom. The third-order valence-electron chi connectivity index (χ3n) is 5.04. The quantitative estimate of drug-likeness (QED) is 0.348. The fourth-order valence-electron chi connectivity index (χ4n) is 3.62. The van der Waals surface area contributed by atoms with E-state index in [1.165, 1.54) is 18.0 Å². The van der Waals surface area contributed by atoms with Gasteiger partial charge >= 0.3 is 0 Å². The number of aromatic nitrogens is 4. The van der Waals surface area contributed by atoms with Gasteiger partial charge in [-0.15, -0.1) is 35.3 Å². The molecule has 1 fully saturated rings. The Hall–Kier alpha value is -1.43. The van der Waals surface area contributed by atoms with Crippen LogP contribution >= 0.6 is 35.3 Å². The molecule has 28 heavy (non-hydrogen) atoms. The summed E-state index contributed by atoms with van der Waals surface area (Å²) in [6.45, 7) is 6.81. The van der Waals surface area contributed by atoms with Crippen LogP contribution in [0.2, 0.25) is 0 Å². The summed E-state index contributed by atoms with van der Waals surface area (Å²) < 4.78 is 1.99. The number of anilines is 1. The van der Waals surface area contributed by atoms with Crippen molar-refractivity contribution in [2.45, 2.75) is 51.6 Å². The van der Waals surface area contributed by atoms with Crippen molar-refractivity contribution in [2.75, 3.05) is 31.1 Å². The Morgan fingerprint density at radius 2 is 2.21 bits per heavy atom. The zero-order valence-electron chi connectivity index (χ0n) is 16.3. The van der Waals surface area contributed by atoms with Gasteiger partial charge in [-0.2, -0.15) is 5.10 Å². The lowest BCUT2D eigenvalue weighted by Gasteiger charge is -2.25. The minimum absolute atomic E-state index is 0. The second-order valence-corrected chi connectivity index (χ2v) is 7.90. The highest BCUT2D eigenvalue weighted by atomic mass is 127. The average molecular weight is 516 g/mol. The third-order valence-corrected chi connectivity index (χ3v) is 5.99. The van der Waals surface area contributed by atoms with E-state index in [-0.39, 0.29) is 24.0 Å². The molecule has 2 aromatic heterocycles. The zero-order valence-corrected chi connectivity index (χ0v) is 19.4. The molecule has 1 unspecified atom stereocenters. The highest BCUT2D eigenvalue weighted by molar-refractivity contribution is 14.0. The molecule has 4 heterocycles. The highest BCUT2D eigenvalue weighted by Crippen LogP contribution is 2.24. The molecule has 4 rings (SSSR count). The van der Waals surface area contributed by atoms with E-state index >= 15 is 0 Å². The second kappa shape index (κ2) is 10.4. The van der Waals surface area contributed by atoms with Crippen LogP contribution in [-0.2, 0) is 19.4 Å². The van der Waals surface area contributed by atoms with E-state index in [2.05, 4.69) is 37.9 Å². The number of nitrogens with one attached hydrogen (secondary N) is 2. The number of aryl methyl sites for hydroxylation is 1. The molecule has 2 aliphatic rings. The number of hydrogen-bond donors (Lipinski definition) is 2. The van der Waals surface area contributed by atoms with Gasteiger partial charge in [-0.25, -0.2) is 14.6 Å². The van der Waals surface area contributed by atoms with Crippen LogP contribution in [0.15, 0.2) is 16.7 Å². The molecule has 0 spiro atoms. The Kier molecular flexibility index (Phi) is 7.89. The number of aliphatic imine (C=N–C) groups is 1. The second-order valence-electron chi connectivity index (χ2n) is 7.06. The number of rotatable bonds is 6. The zero-order chi connectivity index (χ0) is 18.5. The molecular formula is C18H29IN8S. The van der Waals surface area contributed by atoms with Crippen molar-refractivity contribution in [1.29, 1.82) is 0 Å². The molecule has 0 radical (unpaired) electrons. The van der Waals surface area contributed by atoms with E-state index in [4.69, 9.17) is 9.98 Å². The third kappa shape index (κ3) is 5.34. The Morgan fingerprint density at radius 1 is 1.36 bits per heavy atom. The van der Waals surface area contributed by atoms with Gasteiger partial charge in [-0.3, -0.25) is 4.99 Å². The highest BCUT2D eigenvalue weighted by Gasteiger charge is 2.20. The summed E-state index contributed by atoms with van der Waals surface area (Å²) in [7, 11) is 0. The van der Waals surface area contributed by atoms with Crippen molar-refractivity contribution in [3.63, 3.8) is 0 Å². The molecule has 0 aliphatic carbocycles. The average Bonchev–Trinajstić information content (AvgIpc) is 3.42. The number of fused-ring (bicyclic) bond motifs is 1. The van der Waals surface area contributed by atoms with Crippen molar-refractivity contribution in [3.05, 3.63) is 23.2 Å². The molecule has 2 aromatic rings. The molecular weight excluding hydrogens is 487 g/mol. The van der Waals surface area contributed by atoms with E-state index < -0.39 is 0 Å². The summed E-state index contributed by atoms with van der Waals surface area (Å²) >= 11 is 1.76. The van der Waals surface area contributed by atoms with Gasteiger partial charge in [0.05, 0.1) is 12.2 Å². The Labute approximate surface area is 187 Å². The van der Waals surface area contributed by atoms with Crippen LogP contribution < -0.4 is 15.5 Å². The molecule has 0 amide bonds. The molecule has 0 bridgehead atoms. The van der Waals surface area contributed by atoms with Gasteiger partial charge < -0.3 is 15.5 Å². The summed E-state index contributed by atoms with van der Waals surface area (Å²) in [6.07, 6.45) is 7.09. The fraction of sp³-hybridized carbons (Fsp3) is 0.667. The van der Waals surface area contributed by atoms with Gasteiger partial charge in [0.15, 0.2) is 11.1 Å². The summed E-state index contributed by atoms with van der Waals surface area (Å²) in [6, 6.07) is 0.332. The molecule has 2 aliphatic heterocycles. The van der Waals surface area contributed by atoms with Crippen LogP contribution in [0.3, 0.4) is 0 Å². The van der Waals surface area contributed by atoms with Crippen LogP contribution in [0.4, 0.5) is 5.13 Å². The molecule has 154 valence electrons. The molecule has 2 N–H and O–H groups in total. The monoisotopic (exact) mass is 516 g/mol. The topological polar surface area (TPSA) is 83.3 Å². The SMILES string of the molecule is CCNC(=NCCc1csc(N2CCCC2)n1)NC1CCc2ncnn2C1.I. The van der Waals surface area contributed by atoms with Crippen LogP contribution in [0.25, 0.3) is 0 Å². The van der Waals surface area contributed by atoms with Gasteiger partial charge in [0.2, 0.25) is 0 Å². The lowest BCUT2D eigenvalue weighted by molar-refractivity contribution is 0.393. The minimum Gasteiger partial charge on any atom is -0.357 e. The van der Waals surface area contributed by atoms with Gasteiger partial charge in [0.1, 0.15) is 12.2 Å². The predicted octanol–water partition coefficient (Wildman–Crippen LogP) is 2.07. The first kappa shape index (κ1) is 21.3. The van der Waals surface area contributed by atoms with Crippen molar-refractivity contribution in [3.8, 4) is 0 Å². The van der Waals surface area contributed by atoms with E-state index in [0.29, 0.717) is 6.04 Å². The Balaban J connectivity index is 0.00000225. The maximum Gasteiger partial charge on any atom is 0.191 e. The summed E-state index contributed by atoms with van der Waals surface area (Å²) in [4.78, 5) is 16.2. The molecule has 10 heteroatoms. The summed E-state index contributed by atoms with van der Waals surface area (Å²) in [5, 5.41) is 14.5. The molecule has 0 saturated carbocycles. The summed E-state index contributed by atoms with van der Waals surface area (Å²) in [5.74, 6) is 1.95. The van der Waals surface area contributed by atoms with Crippen molar-refractivity contribution in [1.82, 2.24) is 30.4 Å². The van der Waals surface area contributed by atoms with Gasteiger partial charge in [-0.05, 0) is 26.2 Å². The van der Waals surface area contributed by atoms with E-state index in [9.17, 15) is 0 Å². The molecule has 0 aromatic carbocycles.